The fourth-order valence-corrected chi connectivity index (χ4v) is 3.83. The van der Waals surface area contributed by atoms with Crippen molar-refractivity contribution in [2.24, 2.45) is 5.92 Å². The summed E-state index contributed by atoms with van der Waals surface area (Å²) in [6.07, 6.45) is 3.22. The molecule has 0 aliphatic carbocycles. The van der Waals surface area contributed by atoms with Crippen LogP contribution in [0.2, 0.25) is 5.02 Å². The van der Waals surface area contributed by atoms with Crippen LogP contribution in [0.3, 0.4) is 0 Å². The second kappa shape index (κ2) is 9.13. The smallest absolute Gasteiger partial charge is 0.253 e. The number of amides is 2. The number of hydrogen-bond donors (Lipinski definition) is 1. The number of hydrogen-bond acceptors (Lipinski definition) is 3. The van der Waals surface area contributed by atoms with E-state index in [1.54, 1.807) is 46.1 Å². The van der Waals surface area contributed by atoms with Gasteiger partial charge >= 0.3 is 0 Å². The van der Waals surface area contributed by atoms with Gasteiger partial charge in [-0.05, 0) is 42.7 Å². The molecule has 154 valence electrons. The Balaban J connectivity index is 1.40. The zero-order chi connectivity index (χ0) is 20.9. The molecule has 1 saturated heterocycles. The fourth-order valence-electron chi connectivity index (χ4n) is 3.70. The Kier molecular flexibility index (Phi) is 6.14. The molecule has 2 heterocycles. The van der Waals surface area contributed by atoms with Gasteiger partial charge in [0.25, 0.3) is 5.91 Å². The van der Waals surface area contributed by atoms with E-state index in [0.717, 1.165) is 18.4 Å². The monoisotopic (exact) mass is 422 g/mol. The highest BCUT2D eigenvalue weighted by Gasteiger charge is 2.29. The minimum Gasteiger partial charge on any atom is -0.338 e. The first-order chi connectivity index (χ1) is 14.6. The first-order valence-corrected chi connectivity index (χ1v) is 10.4. The third-order valence-corrected chi connectivity index (χ3v) is 5.57. The summed E-state index contributed by atoms with van der Waals surface area (Å²) in [7, 11) is 0. The number of nitrogens with zero attached hydrogens (tertiary/aromatic N) is 3. The largest absolute Gasteiger partial charge is 0.338 e. The maximum absolute atomic E-state index is 12.9. The van der Waals surface area contributed by atoms with E-state index in [9.17, 15) is 9.59 Å². The lowest BCUT2D eigenvalue weighted by atomic mass is 9.96. The molecule has 0 radical (unpaired) electrons. The van der Waals surface area contributed by atoms with Crippen LogP contribution in [0.25, 0.3) is 0 Å². The average molecular weight is 423 g/mol. The maximum atomic E-state index is 12.9. The Morgan fingerprint density at radius 2 is 1.83 bits per heavy atom. The number of nitrogens with one attached hydrogen (secondary N) is 1. The van der Waals surface area contributed by atoms with Gasteiger partial charge < -0.3 is 10.2 Å². The van der Waals surface area contributed by atoms with Crippen molar-refractivity contribution < 1.29 is 9.59 Å². The van der Waals surface area contributed by atoms with E-state index in [1.165, 1.54) is 0 Å². The van der Waals surface area contributed by atoms with Gasteiger partial charge in [0, 0.05) is 29.7 Å². The molecule has 1 fully saturated rings. The predicted molar refractivity (Wildman–Crippen MR) is 116 cm³/mol. The molecule has 6 nitrogen and oxygen atoms in total. The molecule has 0 bridgehead atoms. The van der Waals surface area contributed by atoms with Crippen molar-refractivity contribution in [2.75, 3.05) is 18.4 Å². The number of likely N-dealkylation sites (tertiary alicyclic amines) is 1. The summed E-state index contributed by atoms with van der Waals surface area (Å²) >= 11 is 5.91. The van der Waals surface area contributed by atoms with Gasteiger partial charge in [0.15, 0.2) is 0 Å². The van der Waals surface area contributed by atoms with Crippen molar-refractivity contribution in [1.82, 2.24) is 14.7 Å². The number of benzene rings is 2. The third-order valence-electron chi connectivity index (χ3n) is 5.31. The van der Waals surface area contributed by atoms with E-state index in [1.807, 2.05) is 30.3 Å². The van der Waals surface area contributed by atoms with Crippen LogP contribution in [0.5, 0.6) is 0 Å². The highest BCUT2D eigenvalue weighted by atomic mass is 35.5. The van der Waals surface area contributed by atoms with Gasteiger partial charge in [-0.15, -0.1) is 0 Å². The summed E-state index contributed by atoms with van der Waals surface area (Å²) < 4.78 is 1.77. The molecule has 7 heteroatoms. The van der Waals surface area contributed by atoms with Crippen LogP contribution in [0.4, 0.5) is 5.82 Å². The van der Waals surface area contributed by atoms with Gasteiger partial charge in [-0.2, -0.15) is 5.10 Å². The molecular formula is C23H23ClN4O2. The molecule has 1 N–H and O–H groups in total. The van der Waals surface area contributed by atoms with Gasteiger partial charge in [-0.3, -0.25) is 9.59 Å². The zero-order valence-electron chi connectivity index (χ0n) is 16.5. The topological polar surface area (TPSA) is 67.2 Å². The van der Waals surface area contributed by atoms with Gasteiger partial charge in [0.05, 0.1) is 18.7 Å². The molecule has 1 aliphatic rings. The standard InChI is InChI=1S/C23H23ClN4O2/c24-20-10-8-18(9-11-20)23(30)27-14-4-7-19(16-27)22(29)26-21-12-13-25-28(21)15-17-5-2-1-3-6-17/h1-3,5-6,8-13,19H,4,7,14-16H2,(H,26,29). The highest BCUT2D eigenvalue weighted by molar-refractivity contribution is 6.30. The van der Waals surface area contributed by atoms with E-state index >= 15 is 0 Å². The Hall–Kier alpha value is -3.12. The summed E-state index contributed by atoms with van der Waals surface area (Å²) in [5.74, 6) is 0.247. The van der Waals surface area contributed by atoms with E-state index in [2.05, 4.69) is 10.4 Å². The molecule has 3 aromatic rings. The summed E-state index contributed by atoms with van der Waals surface area (Å²) in [4.78, 5) is 27.5. The zero-order valence-corrected chi connectivity index (χ0v) is 17.3. The molecule has 1 aliphatic heterocycles. The molecule has 2 amide bonds. The van der Waals surface area contributed by atoms with Crippen LogP contribution in [-0.4, -0.2) is 39.6 Å². The number of carbonyl (C=O) groups excluding carboxylic acids is 2. The number of piperidine rings is 1. The second-order valence-electron chi connectivity index (χ2n) is 7.45. The average Bonchev–Trinajstić information content (AvgIpc) is 3.21. The summed E-state index contributed by atoms with van der Waals surface area (Å²) in [5.41, 5.74) is 1.69. The summed E-state index contributed by atoms with van der Waals surface area (Å²) in [6, 6.07) is 18.6. The van der Waals surface area contributed by atoms with E-state index < -0.39 is 0 Å². The van der Waals surface area contributed by atoms with E-state index in [4.69, 9.17) is 11.6 Å². The van der Waals surface area contributed by atoms with Crippen molar-refractivity contribution in [1.29, 1.82) is 0 Å². The highest BCUT2D eigenvalue weighted by Crippen LogP contribution is 2.21. The molecular weight excluding hydrogens is 400 g/mol. The maximum Gasteiger partial charge on any atom is 0.253 e. The van der Waals surface area contributed by atoms with Crippen molar-refractivity contribution >= 4 is 29.2 Å². The number of aromatic nitrogens is 2. The van der Waals surface area contributed by atoms with E-state index in [0.29, 0.717) is 36.0 Å². The Morgan fingerprint density at radius 1 is 1.07 bits per heavy atom. The molecule has 4 rings (SSSR count). The summed E-state index contributed by atoms with van der Waals surface area (Å²) in [5, 5.41) is 7.91. The lowest BCUT2D eigenvalue weighted by Crippen LogP contribution is -2.43. The lowest BCUT2D eigenvalue weighted by molar-refractivity contribution is -0.121. The molecule has 1 unspecified atom stereocenters. The van der Waals surface area contributed by atoms with Crippen molar-refractivity contribution in [3.05, 3.63) is 83.0 Å². The molecule has 0 spiro atoms. The van der Waals surface area contributed by atoms with Crippen molar-refractivity contribution in [2.45, 2.75) is 19.4 Å². The van der Waals surface area contributed by atoms with E-state index in [-0.39, 0.29) is 17.7 Å². The first kappa shape index (κ1) is 20.2. The van der Waals surface area contributed by atoms with Crippen LogP contribution in [0.1, 0.15) is 28.8 Å². The normalized spacial score (nSPS) is 16.3. The quantitative estimate of drug-likeness (QED) is 0.673. The molecule has 30 heavy (non-hydrogen) atoms. The van der Waals surface area contributed by atoms with Gasteiger partial charge in [0.2, 0.25) is 5.91 Å². The van der Waals surface area contributed by atoms with Crippen LogP contribution in [0.15, 0.2) is 66.9 Å². The fraction of sp³-hybridized carbons (Fsp3) is 0.261. The third kappa shape index (κ3) is 4.71. The first-order valence-electron chi connectivity index (χ1n) is 10.0. The lowest BCUT2D eigenvalue weighted by Gasteiger charge is -2.32. The van der Waals surface area contributed by atoms with Gasteiger partial charge in [0.1, 0.15) is 5.82 Å². The van der Waals surface area contributed by atoms with Crippen LogP contribution >= 0.6 is 11.6 Å². The Bertz CT molecular complexity index is 1020. The van der Waals surface area contributed by atoms with Crippen LogP contribution < -0.4 is 5.32 Å². The number of carbonyl (C=O) groups is 2. The predicted octanol–water partition coefficient (Wildman–Crippen LogP) is 4.08. The van der Waals surface area contributed by atoms with Crippen molar-refractivity contribution in [3.63, 3.8) is 0 Å². The van der Waals surface area contributed by atoms with Gasteiger partial charge in [-0.25, -0.2) is 4.68 Å². The number of rotatable bonds is 5. The number of halogens is 1. The molecule has 0 saturated carbocycles. The summed E-state index contributed by atoms with van der Waals surface area (Å²) in [6.45, 7) is 1.63. The minimum absolute atomic E-state index is 0.0710. The SMILES string of the molecule is O=C(Nc1ccnn1Cc1ccccc1)C1CCCN(C(=O)c2ccc(Cl)cc2)C1. The van der Waals surface area contributed by atoms with Crippen LogP contribution in [0, 0.1) is 5.92 Å². The van der Waals surface area contributed by atoms with Crippen molar-refractivity contribution in [3.8, 4) is 0 Å². The number of anilines is 1. The molecule has 1 atom stereocenters. The van der Waals surface area contributed by atoms with Gasteiger partial charge in [-0.1, -0.05) is 41.9 Å². The second-order valence-corrected chi connectivity index (χ2v) is 7.88. The Morgan fingerprint density at radius 3 is 2.60 bits per heavy atom. The Labute approximate surface area is 180 Å². The minimum atomic E-state index is -0.255. The molecule has 1 aromatic heterocycles. The van der Waals surface area contributed by atoms with Crippen LogP contribution in [-0.2, 0) is 11.3 Å². The molecule has 2 aromatic carbocycles.